The molecule has 0 aliphatic carbocycles. The average Bonchev–Trinajstić information content (AvgIpc) is 2.71. The molecule has 0 saturated heterocycles. The molecular weight excluding hydrogens is 388 g/mol. The van der Waals surface area contributed by atoms with Gasteiger partial charge in [-0.1, -0.05) is 49.4 Å². The van der Waals surface area contributed by atoms with Crippen LogP contribution in [0.1, 0.15) is 13.3 Å². The van der Waals surface area contributed by atoms with Crippen molar-refractivity contribution >= 4 is 38.1 Å². The van der Waals surface area contributed by atoms with Gasteiger partial charge in [0.05, 0.1) is 11.9 Å². The van der Waals surface area contributed by atoms with Crippen molar-refractivity contribution < 1.29 is 17.9 Å². The second kappa shape index (κ2) is 8.53. The van der Waals surface area contributed by atoms with Crippen LogP contribution < -0.4 is 14.4 Å². The summed E-state index contributed by atoms with van der Waals surface area (Å²) in [5, 5.41) is 4.80. The van der Waals surface area contributed by atoms with E-state index in [1.807, 2.05) is 49.4 Å². The molecule has 0 bridgehead atoms. The van der Waals surface area contributed by atoms with Gasteiger partial charge in [-0.15, -0.1) is 0 Å². The lowest BCUT2D eigenvalue weighted by atomic mass is 10.1. The van der Waals surface area contributed by atoms with E-state index >= 15 is 0 Å². The number of benzene rings is 3. The zero-order chi connectivity index (χ0) is 21.0. The zero-order valence-electron chi connectivity index (χ0n) is 16.6. The van der Waals surface area contributed by atoms with E-state index in [1.54, 1.807) is 24.3 Å². The molecule has 1 amide bonds. The fraction of sp³-hybridized carbons (Fsp3) is 0.227. The fourth-order valence-electron chi connectivity index (χ4n) is 2.97. The maximum atomic E-state index is 12.8. The predicted octanol–water partition coefficient (Wildman–Crippen LogP) is 4.03. The van der Waals surface area contributed by atoms with Crippen LogP contribution >= 0.6 is 0 Å². The average molecular weight is 413 g/mol. The molecule has 6 nitrogen and oxygen atoms in total. The Morgan fingerprint density at radius 3 is 2.48 bits per heavy atom. The number of carbonyl (C=O) groups excluding carboxylic acids is 1. The van der Waals surface area contributed by atoms with Crippen LogP contribution in [0.25, 0.3) is 10.8 Å². The monoisotopic (exact) mass is 412 g/mol. The molecule has 3 aromatic rings. The summed E-state index contributed by atoms with van der Waals surface area (Å²) in [5.41, 5.74) is 0.969. The Kier molecular flexibility index (Phi) is 6.08. The van der Waals surface area contributed by atoms with Crippen LogP contribution in [0.2, 0.25) is 0 Å². The number of nitrogens with zero attached hydrogens (tertiary/aromatic N) is 1. The Bertz CT molecular complexity index is 1120. The van der Waals surface area contributed by atoms with Gasteiger partial charge in [0.1, 0.15) is 5.75 Å². The quantitative estimate of drug-likeness (QED) is 0.636. The van der Waals surface area contributed by atoms with Gasteiger partial charge >= 0.3 is 0 Å². The number of rotatable bonds is 7. The number of fused-ring (bicyclic) bond motifs is 1. The molecule has 0 saturated carbocycles. The number of carbonyl (C=O) groups is 1. The fourth-order valence-corrected chi connectivity index (χ4v) is 3.46. The van der Waals surface area contributed by atoms with Crippen molar-refractivity contribution in [2.75, 3.05) is 22.9 Å². The number of amides is 1. The van der Waals surface area contributed by atoms with E-state index in [-0.39, 0.29) is 5.91 Å². The molecular formula is C22H24N2O4S. The number of ether oxygens (including phenoxy) is 1. The Balaban J connectivity index is 1.78. The molecule has 7 heteroatoms. The molecule has 0 aliphatic heterocycles. The molecule has 1 atom stereocenters. The first-order valence-corrected chi connectivity index (χ1v) is 11.1. The van der Waals surface area contributed by atoms with Crippen LogP contribution in [0.5, 0.6) is 5.75 Å². The van der Waals surface area contributed by atoms with Gasteiger partial charge < -0.3 is 10.1 Å². The van der Waals surface area contributed by atoms with Gasteiger partial charge in [0.25, 0.3) is 5.91 Å². The normalized spacial score (nSPS) is 12.4. The lowest BCUT2D eigenvalue weighted by molar-refractivity contribution is -0.122. The number of hydrogen-bond donors (Lipinski definition) is 1. The van der Waals surface area contributed by atoms with Crippen LogP contribution in [0, 0.1) is 0 Å². The number of hydrogen-bond acceptors (Lipinski definition) is 4. The molecule has 0 radical (unpaired) electrons. The first-order chi connectivity index (χ1) is 13.8. The molecule has 0 spiro atoms. The number of sulfonamides is 1. The molecule has 0 aliphatic rings. The summed E-state index contributed by atoms with van der Waals surface area (Å²) in [4.78, 5) is 12.8. The van der Waals surface area contributed by atoms with Crippen LogP contribution in [-0.2, 0) is 14.8 Å². The first kappa shape index (κ1) is 20.7. The Hall–Kier alpha value is -3.06. The van der Waals surface area contributed by atoms with Crippen molar-refractivity contribution in [3.05, 3.63) is 66.7 Å². The highest BCUT2D eigenvalue weighted by Gasteiger charge is 2.20. The van der Waals surface area contributed by atoms with Crippen molar-refractivity contribution in [1.82, 2.24) is 0 Å². The number of nitrogens with one attached hydrogen (secondary N) is 1. The summed E-state index contributed by atoms with van der Waals surface area (Å²) in [6.45, 7) is 1.88. The van der Waals surface area contributed by atoms with E-state index < -0.39 is 16.1 Å². The largest absolute Gasteiger partial charge is 0.480 e. The standard InChI is InChI=1S/C22H24N2O4S/c1-4-20(28-21-14-7-10-16-9-5-6-13-19(16)21)22(25)23-17-11-8-12-18(15-17)24(2)29(3,26)27/h5-15,20H,4H2,1-3H3,(H,23,25)/t20-/m0/s1. The summed E-state index contributed by atoms with van der Waals surface area (Å²) in [6, 6.07) is 20.3. The van der Waals surface area contributed by atoms with E-state index in [0.29, 0.717) is 23.5 Å². The maximum Gasteiger partial charge on any atom is 0.265 e. The lowest BCUT2D eigenvalue weighted by Gasteiger charge is -2.20. The summed E-state index contributed by atoms with van der Waals surface area (Å²) >= 11 is 0. The van der Waals surface area contributed by atoms with Gasteiger partial charge in [-0.25, -0.2) is 8.42 Å². The molecule has 3 rings (SSSR count). The predicted molar refractivity (Wildman–Crippen MR) is 117 cm³/mol. The zero-order valence-corrected chi connectivity index (χ0v) is 17.4. The molecule has 0 fully saturated rings. The van der Waals surface area contributed by atoms with Crippen molar-refractivity contribution in [2.24, 2.45) is 0 Å². The third kappa shape index (κ3) is 4.86. The highest BCUT2D eigenvalue weighted by Crippen LogP contribution is 2.27. The molecule has 0 heterocycles. The highest BCUT2D eigenvalue weighted by atomic mass is 32.2. The van der Waals surface area contributed by atoms with Crippen molar-refractivity contribution in [3.8, 4) is 5.75 Å². The lowest BCUT2D eigenvalue weighted by Crippen LogP contribution is -2.32. The molecule has 29 heavy (non-hydrogen) atoms. The Labute approximate surface area is 171 Å². The van der Waals surface area contributed by atoms with Gasteiger partial charge in [-0.2, -0.15) is 0 Å². The van der Waals surface area contributed by atoms with Crippen molar-refractivity contribution in [3.63, 3.8) is 0 Å². The molecule has 3 aromatic carbocycles. The number of anilines is 2. The van der Waals surface area contributed by atoms with Crippen LogP contribution in [0.3, 0.4) is 0 Å². The minimum atomic E-state index is -3.39. The summed E-state index contributed by atoms with van der Waals surface area (Å²) in [7, 11) is -1.92. The van der Waals surface area contributed by atoms with Crippen molar-refractivity contribution in [1.29, 1.82) is 0 Å². The van der Waals surface area contributed by atoms with E-state index in [1.165, 1.54) is 7.05 Å². The second-order valence-electron chi connectivity index (χ2n) is 6.76. The van der Waals surface area contributed by atoms with Gasteiger partial charge in [-0.3, -0.25) is 9.10 Å². The van der Waals surface area contributed by atoms with Crippen LogP contribution in [0.15, 0.2) is 66.7 Å². The van der Waals surface area contributed by atoms with E-state index in [9.17, 15) is 13.2 Å². The van der Waals surface area contributed by atoms with E-state index in [0.717, 1.165) is 21.3 Å². The van der Waals surface area contributed by atoms with E-state index in [4.69, 9.17) is 4.74 Å². The molecule has 0 aromatic heterocycles. The Morgan fingerprint density at radius 1 is 1.07 bits per heavy atom. The minimum Gasteiger partial charge on any atom is -0.480 e. The third-order valence-corrected chi connectivity index (χ3v) is 5.86. The summed E-state index contributed by atoms with van der Waals surface area (Å²) in [6.07, 6.45) is 0.929. The highest BCUT2D eigenvalue weighted by molar-refractivity contribution is 7.92. The van der Waals surface area contributed by atoms with Gasteiger partial charge in [-0.05, 0) is 36.1 Å². The Morgan fingerprint density at radius 2 is 1.76 bits per heavy atom. The van der Waals surface area contributed by atoms with E-state index in [2.05, 4.69) is 5.32 Å². The summed E-state index contributed by atoms with van der Waals surface area (Å²) in [5.74, 6) is 0.357. The SMILES string of the molecule is CC[C@H](Oc1cccc2ccccc12)C(=O)Nc1cccc(N(C)S(C)(=O)=O)c1. The minimum absolute atomic E-state index is 0.292. The second-order valence-corrected chi connectivity index (χ2v) is 8.78. The molecule has 0 unspecified atom stereocenters. The van der Waals surface area contributed by atoms with Crippen LogP contribution in [0.4, 0.5) is 11.4 Å². The first-order valence-electron chi connectivity index (χ1n) is 9.29. The van der Waals surface area contributed by atoms with Gasteiger partial charge in [0.2, 0.25) is 10.0 Å². The van der Waals surface area contributed by atoms with Crippen molar-refractivity contribution in [2.45, 2.75) is 19.4 Å². The smallest absolute Gasteiger partial charge is 0.265 e. The third-order valence-electron chi connectivity index (χ3n) is 4.66. The summed E-state index contributed by atoms with van der Waals surface area (Å²) < 4.78 is 30.7. The maximum absolute atomic E-state index is 12.8. The van der Waals surface area contributed by atoms with Gasteiger partial charge in [0.15, 0.2) is 6.10 Å². The van der Waals surface area contributed by atoms with Gasteiger partial charge in [0, 0.05) is 18.1 Å². The van der Waals surface area contributed by atoms with Crippen LogP contribution in [-0.4, -0.2) is 33.7 Å². The molecule has 1 N–H and O–H groups in total. The topological polar surface area (TPSA) is 75.7 Å². The molecule has 152 valence electrons.